The number of amides is 2. The van der Waals surface area contributed by atoms with E-state index in [2.05, 4.69) is 11.9 Å². The molecule has 0 aliphatic carbocycles. The van der Waals surface area contributed by atoms with E-state index in [1.54, 1.807) is 30.2 Å². The van der Waals surface area contributed by atoms with Gasteiger partial charge in [-0.05, 0) is 24.1 Å². The molecule has 2 atom stereocenters. The summed E-state index contributed by atoms with van der Waals surface area (Å²) < 4.78 is 0. The van der Waals surface area contributed by atoms with E-state index in [0.29, 0.717) is 18.5 Å². The molecule has 106 valence electrons. The molecule has 0 aromatic heterocycles. The molecule has 0 spiro atoms. The smallest absolute Gasteiger partial charge is 0.254 e. The molecule has 1 saturated heterocycles. The molecule has 5 heteroatoms. The summed E-state index contributed by atoms with van der Waals surface area (Å²) in [5.74, 6) is -0.337. The Hall–Kier alpha value is -2.14. The highest BCUT2D eigenvalue weighted by Gasteiger charge is 2.37. The van der Waals surface area contributed by atoms with Crippen LogP contribution in [0.1, 0.15) is 22.3 Å². The van der Waals surface area contributed by atoms with Crippen molar-refractivity contribution >= 4 is 17.9 Å². The quantitative estimate of drug-likeness (QED) is 0.847. The van der Waals surface area contributed by atoms with Crippen LogP contribution in [-0.4, -0.2) is 42.4 Å². The van der Waals surface area contributed by atoms with Gasteiger partial charge in [0.2, 0.25) is 5.91 Å². The number of nitrogens with two attached hydrogens (primary N) is 1. The number of hydrogen-bond donors (Lipinski definition) is 2. The SMILES string of the molecule is C=Cc1ccc(C(=O)N2C[C@H](N)C[C@H]2C(=O)NC)cc1. The first-order valence-corrected chi connectivity index (χ1v) is 6.57. The van der Waals surface area contributed by atoms with Crippen LogP contribution in [0.3, 0.4) is 0 Å². The maximum Gasteiger partial charge on any atom is 0.254 e. The Kier molecular flexibility index (Phi) is 4.20. The van der Waals surface area contributed by atoms with Crippen LogP contribution in [0.2, 0.25) is 0 Å². The zero-order valence-electron chi connectivity index (χ0n) is 11.5. The lowest BCUT2D eigenvalue weighted by Gasteiger charge is -2.23. The molecule has 2 amide bonds. The molecule has 5 nitrogen and oxygen atoms in total. The first-order chi connectivity index (χ1) is 9.56. The maximum atomic E-state index is 12.5. The first kappa shape index (κ1) is 14.3. The van der Waals surface area contributed by atoms with Gasteiger partial charge in [0, 0.05) is 25.2 Å². The Labute approximate surface area is 118 Å². The number of rotatable bonds is 3. The van der Waals surface area contributed by atoms with Crippen molar-refractivity contribution in [1.82, 2.24) is 10.2 Å². The first-order valence-electron chi connectivity index (χ1n) is 6.57. The summed E-state index contributed by atoms with van der Waals surface area (Å²) >= 11 is 0. The fourth-order valence-corrected chi connectivity index (χ4v) is 2.44. The molecular weight excluding hydrogens is 254 g/mol. The van der Waals surface area contributed by atoms with Gasteiger partial charge in [0.15, 0.2) is 0 Å². The molecule has 0 radical (unpaired) electrons. The van der Waals surface area contributed by atoms with Gasteiger partial charge in [0.1, 0.15) is 6.04 Å². The third-order valence-corrected chi connectivity index (χ3v) is 3.54. The van der Waals surface area contributed by atoms with Crippen LogP contribution in [0, 0.1) is 0 Å². The maximum absolute atomic E-state index is 12.5. The van der Waals surface area contributed by atoms with Crippen LogP contribution in [-0.2, 0) is 4.79 Å². The minimum atomic E-state index is -0.485. The minimum absolute atomic E-state index is 0.159. The molecule has 1 fully saturated rings. The van der Waals surface area contributed by atoms with Crippen molar-refractivity contribution in [3.63, 3.8) is 0 Å². The van der Waals surface area contributed by atoms with E-state index in [1.807, 2.05) is 12.1 Å². The summed E-state index contributed by atoms with van der Waals surface area (Å²) in [7, 11) is 1.56. The number of likely N-dealkylation sites (tertiary alicyclic amines) is 1. The highest BCUT2D eigenvalue weighted by molar-refractivity contribution is 5.98. The fourth-order valence-electron chi connectivity index (χ4n) is 2.44. The number of carbonyl (C=O) groups excluding carboxylic acids is 2. The largest absolute Gasteiger partial charge is 0.357 e. The normalized spacial score (nSPS) is 21.6. The summed E-state index contributed by atoms with van der Waals surface area (Å²) in [6, 6.07) is 6.49. The Morgan fingerprint density at radius 2 is 2.05 bits per heavy atom. The Morgan fingerprint density at radius 1 is 1.40 bits per heavy atom. The fraction of sp³-hybridized carbons (Fsp3) is 0.333. The third-order valence-electron chi connectivity index (χ3n) is 3.54. The van der Waals surface area contributed by atoms with E-state index in [4.69, 9.17) is 5.73 Å². The van der Waals surface area contributed by atoms with Gasteiger partial charge in [-0.3, -0.25) is 9.59 Å². The van der Waals surface area contributed by atoms with Crippen molar-refractivity contribution in [3.8, 4) is 0 Å². The molecule has 3 N–H and O–H groups in total. The van der Waals surface area contributed by atoms with Gasteiger partial charge < -0.3 is 16.0 Å². The Bertz CT molecular complexity index is 524. The van der Waals surface area contributed by atoms with Crippen molar-refractivity contribution in [2.24, 2.45) is 5.73 Å². The van der Waals surface area contributed by atoms with Crippen molar-refractivity contribution in [2.45, 2.75) is 18.5 Å². The average molecular weight is 273 g/mol. The molecule has 20 heavy (non-hydrogen) atoms. The zero-order chi connectivity index (χ0) is 14.7. The number of nitrogens with one attached hydrogen (secondary N) is 1. The molecule has 1 aromatic carbocycles. The highest BCUT2D eigenvalue weighted by atomic mass is 16.2. The van der Waals surface area contributed by atoms with Crippen LogP contribution in [0.15, 0.2) is 30.8 Å². The van der Waals surface area contributed by atoms with Crippen molar-refractivity contribution in [3.05, 3.63) is 42.0 Å². The zero-order valence-corrected chi connectivity index (χ0v) is 11.5. The van der Waals surface area contributed by atoms with E-state index in [9.17, 15) is 9.59 Å². The number of carbonyl (C=O) groups is 2. The molecule has 0 saturated carbocycles. The second-order valence-electron chi connectivity index (χ2n) is 4.91. The molecule has 0 bridgehead atoms. The van der Waals surface area contributed by atoms with Crippen molar-refractivity contribution in [2.75, 3.05) is 13.6 Å². The highest BCUT2D eigenvalue weighted by Crippen LogP contribution is 2.20. The van der Waals surface area contributed by atoms with Gasteiger partial charge in [-0.2, -0.15) is 0 Å². The van der Waals surface area contributed by atoms with Crippen LogP contribution in [0.25, 0.3) is 6.08 Å². The van der Waals surface area contributed by atoms with Crippen LogP contribution >= 0.6 is 0 Å². The van der Waals surface area contributed by atoms with Crippen molar-refractivity contribution in [1.29, 1.82) is 0 Å². The van der Waals surface area contributed by atoms with Crippen LogP contribution in [0.4, 0.5) is 0 Å². The van der Waals surface area contributed by atoms with E-state index in [-0.39, 0.29) is 17.9 Å². The predicted octanol–water partition coefficient (Wildman–Crippen LogP) is 0.617. The van der Waals surface area contributed by atoms with Gasteiger partial charge in [-0.1, -0.05) is 24.8 Å². The summed E-state index contributed by atoms with van der Waals surface area (Å²) in [6.45, 7) is 4.08. The Morgan fingerprint density at radius 3 is 2.60 bits per heavy atom. The van der Waals surface area contributed by atoms with E-state index in [1.165, 1.54) is 0 Å². The Balaban J connectivity index is 2.21. The van der Waals surface area contributed by atoms with E-state index >= 15 is 0 Å². The lowest BCUT2D eigenvalue weighted by atomic mass is 10.1. The number of nitrogens with zero attached hydrogens (tertiary/aromatic N) is 1. The van der Waals surface area contributed by atoms with Gasteiger partial charge in [0.25, 0.3) is 5.91 Å². The minimum Gasteiger partial charge on any atom is -0.357 e. The summed E-state index contributed by atoms with van der Waals surface area (Å²) in [6.07, 6.45) is 2.21. The average Bonchev–Trinajstić information content (AvgIpc) is 2.87. The summed E-state index contributed by atoms with van der Waals surface area (Å²) in [5.41, 5.74) is 7.38. The molecule has 1 heterocycles. The van der Waals surface area contributed by atoms with Gasteiger partial charge >= 0.3 is 0 Å². The summed E-state index contributed by atoms with van der Waals surface area (Å²) in [5, 5.41) is 2.58. The monoisotopic (exact) mass is 273 g/mol. The standard InChI is InChI=1S/C15H19N3O2/c1-3-10-4-6-11(7-5-10)15(20)18-9-12(16)8-13(18)14(19)17-2/h3-7,12-13H,1,8-9,16H2,2H3,(H,17,19)/t12-,13+/m1/s1. The van der Waals surface area contributed by atoms with E-state index in [0.717, 1.165) is 5.56 Å². The molecular formula is C15H19N3O2. The van der Waals surface area contributed by atoms with Crippen molar-refractivity contribution < 1.29 is 9.59 Å². The molecule has 1 aliphatic heterocycles. The van der Waals surface area contributed by atoms with Gasteiger partial charge in [0.05, 0.1) is 0 Å². The number of hydrogen-bond acceptors (Lipinski definition) is 3. The van der Waals surface area contributed by atoms with Gasteiger partial charge in [-0.25, -0.2) is 0 Å². The summed E-state index contributed by atoms with van der Waals surface area (Å²) in [4.78, 5) is 25.9. The molecule has 0 unspecified atom stereocenters. The predicted molar refractivity (Wildman–Crippen MR) is 78.0 cm³/mol. The second-order valence-corrected chi connectivity index (χ2v) is 4.91. The van der Waals surface area contributed by atoms with Crippen LogP contribution in [0.5, 0.6) is 0 Å². The lowest BCUT2D eigenvalue weighted by molar-refractivity contribution is -0.124. The third kappa shape index (κ3) is 2.72. The van der Waals surface area contributed by atoms with E-state index < -0.39 is 6.04 Å². The van der Waals surface area contributed by atoms with Crippen LogP contribution < -0.4 is 11.1 Å². The molecule has 1 aliphatic rings. The lowest BCUT2D eigenvalue weighted by Crippen LogP contribution is -2.45. The molecule has 2 rings (SSSR count). The van der Waals surface area contributed by atoms with Gasteiger partial charge in [-0.15, -0.1) is 0 Å². The topological polar surface area (TPSA) is 75.4 Å². The number of benzene rings is 1. The number of likely N-dealkylation sites (N-methyl/N-ethyl adjacent to an activating group) is 1. The molecule has 1 aromatic rings. The second kappa shape index (κ2) is 5.88.